The third-order valence-electron chi connectivity index (χ3n) is 3.97. The van der Waals surface area contributed by atoms with Gasteiger partial charge in [-0.15, -0.1) is 0 Å². The Morgan fingerprint density at radius 3 is 3.00 bits per heavy atom. The summed E-state index contributed by atoms with van der Waals surface area (Å²) in [5.41, 5.74) is 1.66. The molecule has 112 valence electrons. The summed E-state index contributed by atoms with van der Waals surface area (Å²) in [5.74, 6) is -0.159. The minimum Gasteiger partial charge on any atom is -0.394 e. The second-order valence-electron chi connectivity index (χ2n) is 5.44. The Bertz CT molecular complexity index is 425. The van der Waals surface area contributed by atoms with E-state index in [9.17, 15) is 9.50 Å². The summed E-state index contributed by atoms with van der Waals surface area (Å²) < 4.78 is 14.1. The van der Waals surface area contributed by atoms with E-state index in [2.05, 4.69) is 17.1 Å². The van der Waals surface area contributed by atoms with Crippen molar-refractivity contribution in [1.29, 1.82) is 0 Å². The number of nitrogens with one attached hydrogen (secondary N) is 1. The molecular formula is C16H25FN2O. The molecule has 1 unspecified atom stereocenters. The minimum atomic E-state index is -0.159. The molecule has 0 spiro atoms. The topological polar surface area (TPSA) is 35.5 Å². The lowest BCUT2D eigenvalue weighted by Gasteiger charge is -2.37. The van der Waals surface area contributed by atoms with E-state index >= 15 is 0 Å². The van der Waals surface area contributed by atoms with Crippen molar-refractivity contribution in [3.05, 3.63) is 29.6 Å². The van der Waals surface area contributed by atoms with Gasteiger partial charge in [-0.1, -0.05) is 13.0 Å². The van der Waals surface area contributed by atoms with Crippen LogP contribution in [0.15, 0.2) is 18.2 Å². The molecule has 0 saturated carbocycles. The highest BCUT2D eigenvalue weighted by molar-refractivity contribution is 5.55. The van der Waals surface area contributed by atoms with Crippen LogP contribution < -0.4 is 10.2 Å². The molecule has 4 heteroatoms. The van der Waals surface area contributed by atoms with Crippen LogP contribution in [0.1, 0.15) is 38.2 Å². The van der Waals surface area contributed by atoms with Gasteiger partial charge >= 0.3 is 0 Å². The van der Waals surface area contributed by atoms with Crippen LogP contribution >= 0.6 is 0 Å². The Kier molecular flexibility index (Phi) is 5.80. The molecule has 1 aromatic carbocycles. The maximum atomic E-state index is 14.1. The van der Waals surface area contributed by atoms with Gasteiger partial charge in [0.2, 0.25) is 0 Å². The summed E-state index contributed by atoms with van der Waals surface area (Å²) in [4.78, 5) is 2.18. The normalized spacial score (nSPS) is 19.4. The number of piperidine rings is 1. The highest BCUT2D eigenvalue weighted by Crippen LogP contribution is 2.29. The summed E-state index contributed by atoms with van der Waals surface area (Å²) in [7, 11) is 0. The predicted octanol–water partition coefficient (Wildman–Crippen LogP) is 2.68. The number of hydrogen-bond donors (Lipinski definition) is 2. The fraction of sp³-hybridized carbons (Fsp3) is 0.625. The van der Waals surface area contributed by atoms with E-state index in [-0.39, 0.29) is 18.5 Å². The lowest BCUT2D eigenvalue weighted by molar-refractivity contribution is 0.240. The monoisotopic (exact) mass is 280 g/mol. The Balaban J connectivity index is 2.22. The molecule has 0 radical (unpaired) electrons. The number of hydrogen-bond acceptors (Lipinski definition) is 3. The fourth-order valence-electron chi connectivity index (χ4n) is 2.89. The summed E-state index contributed by atoms with van der Waals surface area (Å²) >= 11 is 0. The van der Waals surface area contributed by atoms with Crippen LogP contribution in [0, 0.1) is 5.82 Å². The molecular weight excluding hydrogens is 255 g/mol. The second kappa shape index (κ2) is 7.60. The van der Waals surface area contributed by atoms with Gasteiger partial charge < -0.3 is 15.3 Å². The number of nitrogens with zero attached hydrogens (tertiary/aromatic N) is 1. The average molecular weight is 280 g/mol. The minimum absolute atomic E-state index is 0.121. The molecule has 1 aromatic rings. The van der Waals surface area contributed by atoms with Crippen molar-refractivity contribution < 1.29 is 9.50 Å². The third kappa shape index (κ3) is 3.49. The van der Waals surface area contributed by atoms with Gasteiger partial charge in [-0.25, -0.2) is 4.39 Å². The van der Waals surface area contributed by atoms with E-state index in [1.807, 2.05) is 6.07 Å². The van der Waals surface area contributed by atoms with Gasteiger partial charge in [0.25, 0.3) is 0 Å². The molecule has 0 aliphatic carbocycles. The van der Waals surface area contributed by atoms with Crippen molar-refractivity contribution in [3.63, 3.8) is 0 Å². The molecule has 2 rings (SSSR count). The molecule has 3 nitrogen and oxygen atoms in total. The van der Waals surface area contributed by atoms with Gasteiger partial charge in [-0.2, -0.15) is 0 Å². The maximum Gasteiger partial charge on any atom is 0.129 e. The van der Waals surface area contributed by atoms with Crippen LogP contribution in [0.5, 0.6) is 0 Å². The first-order valence-electron chi connectivity index (χ1n) is 7.63. The number of anilines is 1. The van der Waals surface area contributed by atoms with E-state index < -0.39 is 0 Å². The van der Waals surface area contributed by atoms with Gasteiger partial charge in [-0.05, 0) is 44.4 Å². The molecule has 20 heavy (non-hydrogen) atoms. The largest absolute Gasteiger partial charge is 0.394 e. The Morgan fingerprint density at radius 2 is 2.25 bits per heavy atom. The smallest absolute Gasteiger partial charge is 0.129 e. The van der Waals surface area contributed by atoms with Crippen molar-refractivity contribution in [1.82, 2.24) is 5.32 Å². The maximum absolute atomic E-state index is 14.1. The second-order valence-corrected chi connectivity index (χ2v) is 5.44. The van der Waals surface area contributed by atoms with E-state index in [0.29, 0.717) is 6.54 Å². The Morgan fingerprint density at radius 1 is 1.40 bits per heavy atom. The lowest BCUT2D eigenvalue weighted by atomic mass is 10.00. The van der Waals surface area contributed by atoms with Crippen LogP contribution in [0.3, 0.4) is 0 Å². The van der Waals surface area contributed by atoms with Gasteiger partial charge in [0.15, 0.2) is 0 Å². The molecule has 0 bridgehead atoms. The van der Waals surface area contributed by atoms with Crippen LogP contribution in [0.25, 0.3) is 0 Å². The van der Waals surface area contributed by atoms with E-state index in [0.717, 1.165) is 50.0 Å². The van der Waals surface area contributed by atoms with Crippen LogP contribution in [0.2, 0.25) is 0 Å². The Hall–Kier alpha value is -1.13. The molecule has 0 aromatic heterocycles. The van der Waals surface area contributed by atoms with Crippen molar-refractivity contribution in [2.24, 2.45) is 0 Å². The van der Waals surface area contributed by atoms with Crippen molar-refractivity contribution >= 4 is 5.69 Å². The van der Waals surface area contributed by atoms with Crippen LogP contribution in [-0.4, -0.2) is 30.8 Å². The number of aliphatic hydroxyl groups excluding tert-OH is 1. The van der Waals surface area contributed by atoms with Gasteiger partial charge in [0.05, 0.1) is 12.6 Å². The lowest BCUT2D eigenvalue weighted by Crippen LogP contribution is -2.42. The predicted molar refractivity (Wildman–Crippen MR) is 80.5 cm³/mol. The first-order chi connectivity index (χ1) is 9.77. The molecule has 1 heterocycles. The number of aliphatic hydroxyl groups is 1. The quantitative estimate of drug-likeness (QED) is 0.786. The fourth-order valence-corrected chi connectivity index (χ4v) is 2.89. The summed E-state index contributed by atoms with van der Waals surface area (Å²) in [6.45, 7) is 4.57. The average Bonchev–Trinajstić information content (AvgIpc) is 2.49. The first kappa shape index (κ1) is 15.3. The highest BCUT2D eigenvalue weighted by atomic mass is 19.1. The van der Waals surface area contributed by atoms with E-state index in [4.69, 9.17) is 0 Å². The van der Waals surface area contributed by atoms with Crippen LogP contribution in [0.4, 0.5) is 10.1 Å². The standard InChI is InChI=1S/C16H25FN2O/c1-2-9-18-11-14-15(17)7-5-8-16(14)19-10-4-3-6-13(19)12-20/h5,7-8,13,18,20H,2-4,6,9-12H2,1H3. The summed E-state index contributed by atoms with van der Waals surface area (Å²) in [5, 5.41) is 12.8. The zero-order valence-electron chi connectivity index (χ0n) is 12.2. The van der Waals surface area contributed by atoms with E-state index in [1.54, 1.807) is 6.07 Å². The molecule has 0 amide bonds. The first-order valence-corrected chi connectivity index (χ1v) is 7.63. The molecule has 2 N–H and O–H groups in total. The zero-order chi connectivity index (χ0) is 14.4. The van der Waals surface area contributed by atoms with Gasteiger partial charge in [0, 0.05) is 24.3 Å². The van der Waals surface area contributed by atoms with E-state index in [1.165, 1.54) is 6.07 Å². The molecule has 1 fully saturated rings. The highest BCUT2D eigenvalue weighted by Gasteiger charge is 2.24. The number of benzene rings is 1. The SMILES string of the molecule is CCCNCc1c(F)cccc1N1CCCCC1CO. The zero-order valence-corrected chi connectivity index (χ0v) is 12.2. The van der Waals surface area contributed by atoms with Gasteiger partial charge in [0.1, 0.15) is 5.82 Å². The third-order valence-corrected chi connectivity index (χ3v) is 3.97. The van der Waals surface area contributed by atoms with Crippen LogP contribution in [-0.2, 0) is 6.54 Å². The van der Waals surface area contributed by atoms with Crippen molar-refractivity contribution in [3.8, 4) is 0 Å². The summed E-state index contributed by atoms with van der Waals surface area (Å²) in [6, 6.07) is 5.37. The van der Waals surface area contributed by atoms with Crippen molar-refractivity contribution in [2.45, 2.75) is 45.2 Å². The molecule has 1 aliphatic heterocycles. The molecule has 1 atom stereocenters. The molecule has 1 aliphatic rings. The van der Waals surface area contributed by atoms with Crippen molar-refractivity contribution in [2.75, 3.05) is 24.6 Å². The summed E-state index contributed by atoms with van der Waals surface area (Å²) in [6.07, 6.45) is 4.26. The molecule has 1 saturated heterocycles. The number of rotatable bonds is 6. The Labute approximate surface area is 120 Å². The number of halogens is 1. The van der Waals surface area contributed by atoms with Gasteiger partial charge in [-0.3, -0.25) is 0 Å².